The van der Waals surface area contributed by atoms with E-state index in [4.69, 9.17) is 0 Å². The van der Waals surface area contributed by atoms with Crippen LogP contribution in [0.2, 0.25) is 0 Å². The molecule has 1 aromatic heterocycles. The van der Waals surface area contributed by atoms with Gasteiger partial charge < -0.3 is 5.21 Å². The molecule has 0 aliphatic carbocycles. The molecule has 0 saturated heterocycles. The molecule has 124 valence electrons. The normalized spacial score (nSPS) is 13.2. The lowest BCUT2D eigenvalue weighted by Gasteiger charge is -2.10. The monoisotopic (exact) mass is 334 g/mol. The summed E-state index contributed by atoms with van der Waals surface area (Å²) >= 11 is 0. The molecule has 25 heavy (non-hydrogen) atoms. The topological polar surface area (TPSA) is 87.0 Å². The number of hydrogen-bond acceptors (Lipinski definition) is 4. The van der Waals surface area contributed by atoms with E-state index >= 15 is 0 Å². The Balaban J connectivity index is 2.06. The van der Waals surface area contributed by atoms with Gasteiger partial charge in [-0.05, 0) is 25.1 Å². The first-order valence-electron chi connectivity index (χ1n) is 7.75. The van der Waals surface area contributed by atoms with Gasteiger partial charge in [-0.3, -0.25) is 14.7 Å². The number of nitro benzene ring substituents is 1. The molecule has 0 N–H and O–H groups in total. The van der Waals surface area contributed by atoms with Gasteiger partial charge in [0.05, 0.1) is 21.9 Å². The zero-order valence-corrected chi connectivity index (χ0v) is 13.4. The van der Waals surface area contributed by atoms with Crippen LogP contribution in [0.3, 0.4) is 0 Å². The number of nitrogens with zero attached hydrogens (tertiary/aromatic N) is 4. The van der Waals surface area contributed by atoms with Crippen LogP contribution in [-0.4, -0.2) is 24.9 Å². The fourth-order valence-electron chi connectivity index (χ4n) is 3.14. The van der Waals surface area contributed by atoms with Crippen LogP contribution in [0.4, 0.5) is 5.69 Å². The van der Waals surface area contributed by atoms with E-state index in [1.807, 2.05) is 48.0 Å². The van der Waals surface area contributed by atoms with E-state index in [0.717, 1.165) is 10.4 Å². The Bertz CT molecular complexity index is 1020. The van der Waals surface area contributed by atoms with Crippen LogP contribution in [0.15, 0.2) is 54.7 Å². The molecule has 0 unspecified atom stereocenters. The molecule has 1 aliphatic rings. The average Bonchev–Trinajstić information content (AvgIpc) is 2.91. The molecule has 0 atom stereocenters. The van der Waals surface area contributed by atoms with Gasteiger partial charge in [-0.25, -0.2) is 4.98 Å². The maximum atomic E-state index is 12.9. The molecule has 0 amide bonds. The minimum absolute atomic E-state index is 0.0548. The highest BCUT2D eigenvalue weighted by atomic mass is 16.6. The minimum atomic E-state index is -0.455. The third-order valence-corrected chi connectivity index (χ3v) is 4.19. The number of aryl methyl sites for hydroxylation is 1. The van der Waals surface area contributed by atoms with Crippen molar-refractivity contribution in [1.82, 2.24) is 9.55 Å². The summed E-state index contributed by atoms with van der Waals surface area (Å²) in [6, 6.07) is 13.7. The third-order valence-electron chi connectivity index (χ3n) is 4.19. The maximum Gasteiger partial charge on any atom is 0.270 e. The van der Waals surface area contributed by atoms with E-state index in [1.54, 1.807) is 6.07 Å². The Morgan fingerprint density at radius 1 is 1.20 bits per heavy atom. The van der Waals surface area contributed by atoms with Crippen molar-refractivity contribution in [3.05, 3.63) is 92.7 Å². The number of benzene rings is 2. The smallest absolute Gasteiger partial charge is 0.270 e. The second kappa shape index (κ2) is 5.55. The van der Waals surface area contributed by atoms with Crippen molar-refractivity contribution in [2.24, 2.45) is 0 Å². The molecule has 7 nitrogen and oxygen atoms in total. The molecule has 2 aromatic carbocycles. The Morgan fingerprint density at radius 3 is 2.68 bits per heavy atom. The molecular weight excluding hydrogens is 320 g/mol. The van der Waals surface area contributed by atoms with Crippen LogP contribution >= 0.6 is 0 Å². The zero-order valence-electron chi connectivity index (χ0n) is 13.4. The minimum Gasteiger partial charge on any atom is -0.623 e. The molecule has 1 aliphatic heterocycles. The van der Waals surface area contributed by atoms with Crippen molar-refractivity contribution >= 4 is 11.4 Å². The average molecular weight is 334 g/mol. The Morgan fingerprint density at radius 2 is 1.96 bits per heavy atom. The molecule has 0 saturated carbocycles. The lowest BCUT2D eigenvalue weighted by atomic mass is 10.00. The first-order chi connectivity index (χ1) is 12.0. The van der Waals surface area contributed by atoms with Crippen molar-refractivity contribution in [3.63, 3.8) is 0 Å². The van der Waals surface area contributed by atoms with Gasteiger partial charge in [-0.1, -0.05) is 18.2 Å². The SMILES string of the molecule is Cc1cn2c(n1)C[N+]([O-])=C(c1ccccc1)c1cc([N+](=O)[O-])ccc1-2. The van der Waals surface area contributed by atoms with Crippen LogP contribution in [-0.2, 0) is 6.54 Å². The number of rotatable bonds is 2. The molecular formula is C18H14N4O3. The summed E-state index contributed by atoms with van der Waals surface area (Å²) in [5.74, 6) is 0.605. The van der Waals surface area contributed by atoms with Gasteiger partial charge in [0.1, 0.15) is 0 Å². The number of nitro groups is 1. The summed E-state index contributed by atoms with van der Waals surface area (Å²) in [6.07, 6.45) is 1.84. The van der Waals surface area contributed by atoms with Gasteiger partial charge in [0.2, 0.25) is 12.3 Å². The van der Waals surface area contributed by atoms with E-state index in [1.165, 1.54) is 12.1 Å². The largest absolute Gasteiger partial charge is 0.623 e. The number of imidazole rings is 1. The highest BCUT2D eigenvalue weighted by Gasteiger charge is 2.28. The van der Waals surface area contributed by atoms with Gasteiger partial charge in [0.25, 0.3) is 5.69 Å². The van der Waals surface area contributed by atoms with Crippen molar-refractivity contribution < 1.29 is 9.66 Å². The van der Waals surface area contributed by atoms with E-state index in [0.29, 0.717) is 28.4 Å². The predicted octanol–water partition coefficient (Wildman–Crippen LogP) is 2.95. The predicted molar refractivity (Wildman–Crippen MR) is 91.9 cm³/mol. The quantitative estimate of drug-likeness (QED) is 0.312. The van der Waals surface area contributed by atoms with Crippen molar-refractivity contribution in [2.75, 3.05) is 0 Å². The maximum absolute atomic E-state index is 12.9. The van der Waals surface area contributed by atoms with Crippen molar-refractivity contribution in [2.45, 2.75) is 13.5 Å². The van der Waals surface area contributed by atoms with E-state index in [2.05, 4.69) is 4.98 Å². The molecule has 0 spiro atoms. The Hall–Kier alpha value is -3.48. The van der Waals surface area contributed by atoms with Gasteiger partial charge >= 0.3 is 0 Å². The lowest BCUT2D eigenvalue weighted by molar-refractivity contribution is -0.475. The molecule has 0 radical (unpaired) electrons. The summed E-state index contributed by atoms with van der Waals surface area (Å²) in [4.78, 5) is 15.2. The van der Waals surface area contributed by atoms with Crippen LogP contribution in [0, 0.1) is 22.2 Å². The first kappa shape index (κ1) is 15.1. The van der Waals surface area contributed by atoms with Crippen LogP contribution in [0.1, 0.15) is 22.6 Å². The fourth-order valence-corrected chi connectivity index (χ4v) is 3.14. The second-order valence-corrected chi connectivity index (χ2v) is 5.88. The molecule has 2 heterocycles. The first-order valence-corrected chi connectivity index (χ1v) is 7.75. The second-order valence-electron chi connectivity index (χ2n) is 5.88. The third kappa shape index (κ3) is 2.46. The van der Waals surface area contributed by atoms with Crippen molar-refractivity contribution in [1.29, 1.82) is 0 Å². The van der Waals surface area contributed by atoms with Gasteiger partial charge in [0.15, 0.2) is 5.82 Å². The number of hydroxylamine groups is 1. The van der Waals surface area contributed by atoms with E-state index < -0.39 is 4.92 Å². The number of aromatic nitrogens is 2. The van der Waals surface area contributed by atoms with Gasteiger partial charge in [-0.2, -0.15) is 4.74 Å². The Kier molecular flexibility index (Phi) is 3.35. The number of hydrogen-bond donors (Lipinski definition) is 0. The summed E-state index contributed by atoms with van der Waals surface area (Å²) in [7, 11) is 0. The number of fused-ring (bicyclic) bond motifs is 3. The highest BCUT2D eigenvalue weighted by molar-refractivity contribution is 6.12. The molecule has 3 aromatic rings. The van der Waals surface area contributed by atoms with Crippen LogP contribution < -0.4 is 0 Å². The summed E-state index contributed by atoms with van der Waals surface area (Å²) in [6.45, 7) is 1.92. The van der Waals surface area contributed by atoms with E-state index in [-0.39, 0.29) is 12.2 Å². The Labute approximate surface area is 143 Å². The van der Waals surface area contributed by atoms with Crippen LogP contribution in [0.25, 0.3) is 5.69 Å². The molecule has 7 heteroatoms. The fraction of sp³-hybridized carbons (Fsp3) is 0.111. The zero-order chi connectivity index (χ0) is 17.6. The summed E-state index contributed by atoms with van der Waals surface area (Å²) in [5, 5.41) is 24.1. The molecule has 0 bridgehead atoms. The van der Waals surface area contributed by atoms with Gasteiger partial charge in [0, 0.05) is 23.9 Å². The summed E-state index contributed by atoms with van der Waals surface area (Å²) < 4.78 is 2.68. The van der Waals surface area contributed by atoms with Crippen LogP contribution in [0.5, 0.6) is 0 Å². The van der Waals surface area contributed by atoms with Gasteiger partial charge in [-0.15, -0.1) is 0 Å². The van der Waals surface area contributed by atoms with Crippen molar-refractivity contribution in [3.8, 4) is 5.69 Å². The highest BCUT2D eigenvalue weighted by Crippen LogP contribution is 2.28. The molecule has 0 fully saturated rings. The standard InChI is InChI=1S/C18H14N4O3/c1-12-10-20-16-8-7-14(22(24)25)9-15(16)18(13-5-3-2-4-6-13)21(23)11-17(20)19-12/h2-10H,11H2,1H3. The molecule has 4 rings (SSSR count). The lowest BCUT2D eigenvalue weighted by Crippen LogP contribution is -2.17. The summed E-state index contributed by atoms with van der Waals surface area (Å²) in [5.41, 5.74) is 3.07. The van der Waals surface area contributed by atoms with E-state index in [9.17, 15) is 15.3 Å². The number of non-ortho nitro benzene ring substituents is 1.